The van der Waals surface area contributed by atoms with E-state index in [0.29, 0.717) is 18.8 Å². The number of pyridine rings is 1. The summed E-state index contributed by atoms with van der Waals surface area (Å²) in [6.45, 7) is 2.52. The summed E-state index contributed by atoms with van der Waals surface area (Å²) in [5, 5.41) is 0. The van der Waals surface area contributed by atoms with E-state index in [9.17, 15) is 4.79 Å². The molecule has 1 aliphatic carbocycles. The average molecular weight is 341 g/mol. The molecule has 2 aromatic rings. The largest absolute Gasteiger partial charge is 0.376 e. The van der Waals surface area contributed by atoms with Gasteiger partial charge >= 0.3 is 0 Å². The van der Waals surface area contributed by atoms with Gasteiger partial charge in [0, 0.05) is 38.5 Å². The number of amides is 1. The van der Waals surface area contributed by atoms with E-state index in [1.807, 2.05) is 35.0 Å². The van der Waals surface area contributed by atoms with E-state index in [4.69, 9.17) is 4.74 Å². The highest BCUT2D eigenvalue weighted by Crippen LogP contribution is 2.28. The third kappa shape index (κ3) is 4.03. The van der Waals surface area contributed by atoms with E-state index in [1.165, 1.54) is 19.3 Å². The van der Waals surface area contributed by atoms with Crippen molar-refractivity contribution in [2.45, 2.75) is 51.0 Å². The van der Waals surface area contributed by atoms with Gasteiger partial charge < -0.3 is 14.0 Å². The number of aromatic nitrogens is 2. The molecule has 4 rings (SSSR count). The second-order valence-corrected chi connectivity index (χ2v) is 7.43. The molecule has 25 heavy (non-hydrogen) atoms. The van der Waals surface area contributed by atoms with Gasteiger partial charge in [-0.05, 0) is 50.2 Å². The van der Waals surface area contributed by atoms with E-state index in [1.54, 1.807) is 0 Å². The SMILES string of the molecule is O=C(CCc1cn2ccccc2n1)N(CC1CCC1)CC1CCCO1. The first-order valence-corrected chi connectivity index (χ1v) is 9.60. The molecule has 0 radical (unpaired) electrons. The number of carbonyl (C=O) groups is 1. The molecule has 134 valence electrons. The van der Waals surface area contributed by atoms with E-state index in [2.05, 4.69) is 9.88 Å². The van der Waals surface area contributed by atoms with Crippen LogP contribution >= 0.6 is 0 Å². The van der Waals surface area contributed by atoms with Crippen LogP contribution in [0, 0.1) is 5.92 Å². The molecule has 2 aromatic heterocycles. The fraction of sp³-hybridized carbons (Fsp3) is 0.600. The predicted octanol–water partition coefficient (Wildman–Crippen LogP) is 3.07. The molecule has 3 heterocycles. The fourth-order valence-electron chi connectivity index (χ4n) is 3.80. The van der Waals surface area contributed by atoms with Crippen molar-refractivity contribution in [2.75, 3.05) is 19.7 Å². The fourth-order valence-corrected chi connectivity index (χ4v) is 3.80. The summed E-state index contributed by atoms with van der Waals surface area (Å²) >= 11 is 0. The Morgan fingerprint density at radius 2 is 2.16 bits per heavy atom. The van der Waals surface area contributed by atoms with E-state index < -0.39 is 0 Å². The maximum atomic E-state index is 12.8. The van der Waals surface area contributed by atoms with Crippen molar-refractivity contribution in [2.24, 2.45) is 5.92 Å². The van der Waals surface area contributed by atoms with Crippen LogP contribution in [0.1, 0.15) is 44.2 Å². The molecule has 1 saturated carbocycles. The van der Waals surface area contributed by atoms with Gasteiger partial charge in [-0.1, -0.05) is 12.5 Å². The molecule has 2 fully saturated rings. The molecule has 1 unspecified atom stereocenters. The second kappa shape index (κ2) is 7.56. The summed E-state index contributed by atoms with van der Waals surface area (Å²) in [4.78, 5) is 19.5. The van der Waals surface area contributed by atoms with Gasteiger partial charge in [0.2, 0.25) is 5.91 Å². The number of rotatable bonds is 7. The lowest BCUT2D eigenvalue weighted by atomic mass is 9.85. The third-order valence-corrected chi connectivity index (χ3v) is 5.51. The Morgan fingerprint density at radius 3 is 2.88 bits per heavy atom. The zero-order valence-corrected chi connectivity index (χ0v) is 14.8. The Balaban J connectivity index is 1.36. The van der Waals surface area contributed by atoms with Crippen molar-refractivity contribution < 1.29 is 9.53 Å². The highest BCUT2D eigenvalue weighted by atomic mass is 16.5. The summed E-state index contributed by atoms with van der Waals surface area (Å²) in [6.07, 6.45) is 11.5. The number of ether oxygens (including phenoxy) is 1. The quantitative estimate of drug-likeness (QED) is 0.777. The van der Waals surface area contributed by atoms with Crippen molar-refractivity contribution in [3.8, 4) is 0 Å². The van der Waals surface area contributed by atoms with Gasteiger partial charge in [0.15, 0.2) is 0 Å². The van der Waals surface area contributed by atoms with Crippen molar-refractivity contribution in [3.63, 3.8) is 0 Å². The molecule has 1 aliphatic heterocycles. The lowest BCUT2D eigenvalue weighted by Crippen LogP contribution is -2.41. The molecule has 1 amide bonds. The summed E-state index contributed by atoms with van der Waals surface area (Å²) in [5.41, 5.74) is 1.93. The molecule has 1 saturated heterocycles. The molecule has 0 bridgehead atoms. The van der Waals surface area contributed by atoms with Crippen LogP contribution in [-0.4, -0.2) is 46.0 Å². The first-order chi connectivity index (χ1) is 12.3. The molecule has 1 atom stereocenters. The van der Waals surface area contributed by atoms with Crippen LogP contribution in [0.5, 0.6) is 0 Å². The maximum Gasteiger partial charge on any atom is 0.223 e. The lowest BCUT2D eigenvalue weighted by Gasteiger charge is -2.33. The minimum atomic E-state index is 0.235. The van der Waals surface area contributed by atoms with Crippen molar-refractivity contribution in [1.82, 2.24) is 14.3 Å². The van der Waals surface area contributed by atoms with Crippen LogP contribution in [0.4, 0.5) is 0 Å². The van der Waals surface area contributed by atoms with Crippen LogP contribution < -0.4 is 0 Å². The lowest BCUT2D eigenvalue weighted by molar-refractivity contribution is -0.133. The standard InChI is InChI=1S/C20H27N3O2/c24-20(10-9-17-14-22-11-2-1-8-19(22)21-17)23(13-16-5-3-6-16)15-18-7-4-12-25-18/h1-2,8,11,14,16,18H,3-7,9-10,12-13,15H2. The Bertz CT molecular complexity index is 684. The highest BCUT2D eigenvalue weighted by Gasteiger charge is 2.27. The van der Waals surface area contributed by atoms with Crippen molar-refractivity contribution >= 4 is 11.6 Å². The summed E-state index contributed by atoms with van der Waals surface area (Å²) in [7, 11) is 0. The number of nitrogens with zero attached hydrogens (tertiary/aromatic N) is 3. The van der Waals surface area contributed by atoms with Gasteiger partial charge in [0.05, 0.1) is 11.8 Å². The normalized spacial score (nSPS) is 20.7. The van der Waals surface area contributed by atoms with Gasteiger partial charge in [0.1, 0.15) is 5.65 Å². The molecule has 5 heteroatoms. The number of fused-ring (bicyclic) bond motifs is 1. The average Bonchev–Trinajstić information content (AvgIpc) is 3.23. The van der Waals surface area contributed by atoms with Crippen LogP contribution in [0.25, 0.3) is 5.65 Å². The minimum absolute atomic E-state index is 0.235. The Morgan fingerprint density at radius 1 is 1.24 bits per heavy atom. The van der Waals surface area contributed by atoms with Crippen LogP contribution in [0.15, 0.2) is 30.6 Å². The molecular formula is C20H27N3O2. The van der Waals surface area contributed by atoms with Gasteiger partial charge in [-0.15, -0.1) is 0 Å². The maximum absolute atomic E-state index is 12.8. The molecule has 0 aromatic carbocycles. The predicted molar refractivity (Wildman–Crippen MR) is 96.4 cm³/mol. The number of aryl methyl sites for hydroxylation is 1. The molecule has 0 spiro atoms. The first-order valence-electron chi connectivity index (χ1n) is 9.60. The van der Waals surface area contributed by atoms with Gasteiger partial charge in [0.25, 0.3) is 0 Å². The Labute approximate surface area is 149 Å². The topological polar surface area (TPSA) is 46.8 Å². The Kier molecular flexibility index (Phi) is 5.02. The van der Waals surface area contributed by atoms with E-state index in [0.717, 1.165) is 43.9 Å². The van der Waals surface area contributed by atoms with Crippen LogP contribution in [0.3, 0.4) is 0 Å². The Hall–Kier alpha value is -1.88. The summed E-state index contributed by atoms with van der Waals surface area (Å²) in [6, 6.07) is 5.97. The van der Waals surface area contributed by atoms with Gasteiger partial charge in [-0.3, -0.25) is 4.79 Å². The molecule has 2 aliphatic rings. The van der Waals surface area contributed by atoms with E-state index >= 15 is 0 Å². The van der Waals surface area contributed by atoms with Gasteiger partial charge in [-0.2, -0.15) is 0 Å². The molecule has 0 N–H and O–H groups in total. The smallest absolute Gasteiger partial charge is 0.223 e. The van der Waals surface area contributed by atoms with E-state index in [-0.39, 0.29) is 12.0 Å². The summed E-state index contributed by atoms with van der Waals surface area (Å²) in [5.74, 6) is 0.944. The van der Waals surface area contributed by atoms with Crippen molar-refractivity contribution in [1.29, 1.82) is 0 Å². The molecular weight excluding hydrogens is 314 g/mol. The zero-order valence-electron chi connectivity index (χ0n) is 14.8. The van der Waals surface area contributed by atoms with Gasteiger partial charge in [-0.25, -0.2) is 4.98 Å². The first kappa shape index (κ1) is 16.6. The zero-order chi connectivity index (χ0) is 17.1. The van der Waals surface area contributed by atoms with Crippen LogP contribution in [0.2, 0.25) is 0 Å². The number of imidazole rings is 1. The van der Waals surface area contributed by atoms with Crippen LogP contribution in [-0.2, 0) is 16.0 Å². The second-order valence-electron chi connectivity index (χ2n) is 7.43. The third-order valence-electron chi connectivity index (χ3n) is 5.51. The summed E-state index contributed by atoms with van der Waals surface area (Å²) < 4.78 is 7.77. The monoisotopic (exact) mass is 341 g/mol. The molecule has 5 nitrogen and oxygen atoms in total. The van der Waals surface area contributed by atoms with Crippen molar-refractivity contribution in [3.05, 3.63) is 36.3 Å². The minimum Gasteiger partial charge on any atom is -0.376 e. The number of hydrogen-bond acceptors (Lipinski definition) is 3. The highest BCUT2D eigenvalue weighted by molar-refractivity contribution is 5.76. The number of hydrogen-bond donors (Lipinski definition) is 0. The number of carbonyl (C=O) groups excluding carboxylic acids is 1.